The van der Waals surface area contributed by atoms with Crippen molar-refractivity contribution in [2.24, 2.45) is 0 Å². The molecule has 0 saturated carbocycles. The van der Waals surface area contributed by atoms with Crippen LogP contribution in [0.15, 0.2) is 42.5 Å². The molecular formula is C23H22F3N3O3S. The second-order valence-electron chi connectivity index (χ2n) is 7.20. The normalized spacial score (nSPS) is 11.3. The van der Waals surface area contributed by atoms with Gasteiger partial charge in [-0.05, 0) is 43.2 Å². The summed E-state index contributed by atoms with van der Waals surface area (Å²) in [7, 11) is 0. The van der Waals surface area contributed by atoms with Gasteiger partial charge in [-0.3, -0.25) is 14.5 Å². The standard InChI is InChI=1S/C23H22F3N3O3S/c1-3-4-11-29(21(31)17-8-6-5-7-15(17)2)22-28-27-20(33-22)16-9-10-19(32-13-12-30)18(14-16)23(24,25)26/h5-10,12,14H,3-4,11,13H2,1-2H3. The summed E-state index contributed by atoms with van der Waals surface area (Å²) in [5.74, 6) is -0.680. The third kappa shape index (κ3) is 5.75. The van der Waals surface area contributed by atoms with Crippen molar-refractivity contribution in [1.29, 1.82) is 0 Å². The maximum atomic E-state index is 13.5. The lowest BCUT2D eigenvalue weighted by atomic mass is 10.1. The summed E-state index contributed by atoms with van der Waals surface area (Å²) in [5.41, 5.74) is 0.511. The van der Waals surface area contributed by atoms with Gasteiger partial charge >= 0.3 is 6.18 Å². The SMILES string of the molecule is CCCCN(C(=O)c1ccccc1C)c1nnc(-c2ccc(OCC=O)c(C(F)(F)F)c2)s1. The van der Waals surface area contributed by atoms with Gasteiger partial charge in [0, 0.05) is 17.7 Å². The van der Waals surface area contributed by atoms with Gasteiger partial charge < -0.3 is 4.74 Å². The van der Waals surface area contributed by atoms with Crippen LogP contribution in [0.25, 0.3) is 10.6 Å². The number of carbonyl (C=O) groups is 2. The number of aromatic nitrogens is 2. The number of nitrogens with zero attached hydrogens (tertiary/aromatic N) is 3. The van der Waals surface area contributed by atoms with E-state index in [0.717, 1.165) is 41.9 Å². The Morgan fingerprint density at radius 1 is 1.18 bits per heavy atom. The topological polar surface area (TPSA) is 72.4 Å². The lowest BCUT2D eigenvalue weighted by Gasteiger charge is -2.20. The summed E-state index contributed by atoms with van der Waals surface area (Å²) in [5, 5.41) is 8.68. The fraction of sp³-hybridized carbons (Fsp3) is 0.304. The van der Waals surface area contributed by atoms with Crippen molar-refractivity contribution >= 4 is 28.7 Å². The Bertz CT molecular complexity index is 1130. The van der Waals surface area contributed by atoms with Gasteiger partial charge in [0.15, 0.2) is 6.29 Å². The zero-order chi connectivity index (χ0) is 24.0. The molecule has 33 heavy (non-hydrogen) atoms. The van der Waals surface area contributed by atoms with E-state index in [2.05, 4.69) is 10.2 Å². The monoisotopic (exact) mass is 477 g/mol. The van der Waals surface area contributed by atoms with Crippen LogP contribution in [0, 0.1) is 6.92 Å². The van der Waals surface area contributed by atoms with Crippen molar-refractivity contribution in [1.82, 2.24) is 10.2 Å². The van der Waals surface area contributed by atoms with E-state index in [1.54, 1.807) is 12.1 Å². The van der Waals surface area contributed by atoms with Gasteiger partial charge in [0.2, 0.25) is 5.13 Å². The van der Waals surface area contributed by atoms with Gasteiger partial charge in [-0.2, -0.15) is 13.2 Å². The minimum Gasteiger partial charge on any atom is -0.486 e. The molecule has 0 aliphatic carbocycles. The molecule has 1 amide bonds. The maximum absolute atomic E-state index is 13.5. The van der Waals surface area contributed by atoms with E-state index in [1.165, 1.54) is 11.0 Å². The highest BCUT2D eigenvalue weighted by Crippen LogP contribution is 2.40. The van der Waals surface area contributed by atoms with Crippen LogP contribution < -0.4 is 9.64 Å². The number of ether oxygens (including phenoxy) is 1. The van der Waals surface area contributed by atoms with E-state index < -0.39 is 24.1 Å². The van der Waals surface area contributed by atoms with Crippen molar-refractivity contribution in [3.8, 4) is 16.3 Å². The predicted molar refractivity (Wildman–Crippen MR) is 120 cm³/mol. The van der Waals surface area contributed by atoms with Crippen LogP contribution in [0.2, 0.25) is 0 Å². The molecule has 0 radical (unpaired) electrons. The van der Waals surface area contributed by atoms with Crippen LogP contribution >= 0.6 is 11.3 Å². The van der Waals surface area contributed by atoms with Crippen LogP contribution in [0.4, 0.5) is 18.3 Å². The molecule has 0 N–H and O–H groups in total. The number of aldehydes is 1. The van der Waals surface area contributed by atoms with Crippen LogP contribution in [0.1, 0.15) is 41.3 Å². The molecule has 0 aliphatic heterocycles. The number of rotatable bonds is 9. The third-order valence-corrected chi connectivity index (χ3v) is 5.84. The van der Waals surface area contributed by atoms with Crippen LogP contribution in [-0.2, 0) is 11.0 Å². The number of amides is 1. The summed E-state index contributed by atoms with van der Waals surface area (Å²) in [6.07, 6.45) is -2.73. The molecule has 1 aromatic heterocycles. The average molecular weight is 478 g/mol. The van der Waals surface area contributed by atoms with Crippen LogP contribution in [0.5, 0.6) is 5.75 Å². The Hall–Kier alpha value is -3.27. The molecule has 10 heteroatoms. The Morgan fingerprint density at radius 3 is 2.61 bits per heavy atom. The summed E-state index contributed by atoms with van der Waals surface area (Å²) in [6.45, 7) is 3.75. The molecule has 2 aromatic carbocycles. The highest BCUT2D eigenvalue weighted by atomic mass is 32.1. The Labute approximate surface area is 193 Å². The van der Waals surface area contributed by atoms with Gasteiger partial charge in [0.25, 0.3) is 5.91 Å². The molecule has 3 rings (SSSR count). The lowest BCUT2D eigenvalue weighted by molar-refractivity contribution is -0.139. The van der Waals surface area contributed by atoms with Crippen molar-refractivity contribution in [3.05, 3.63) is 59.2 Å². The fourth-order valence-corrected chi connectivity index (χ4v) is 4.00. The number of carbonyl (C=O) groups excluding carboxylic acids is 2. The zero-order valence-corrected chi connectivity index (χ0v) is 18.9. The first-order chi connectivity index (χ1) is 15.8. The smallest absolute Gasteiger partial charge is 0.419 e. The molecule has 0 spiro atoms. The molecular weight excluding hydrogens is 455 g/mol. The molecule has 3 aromatic rings. The quantitative estimate of drug-likeness (QED) is 0.378. The Morgan fingerprint density at radius 2 is 1.94 bits per heavy atom. The van der Waals surface area contributed by atoms with Crippen LogP contribution in [0.3, 0.4) is 0 Å². The first-order valence-electron chi connectivity index (χ1n) is 10.2. The fourth-order valence-electron chi connectivity index (χ4n) is 3.13. The van der Waals surface area contributed by atoms with E-state index >= 15 is 0 Å². The van der Waals surface area contributed by atoms with E-state index in [4.69, 9.17) is 4.74 Å². The average Bonchev–Trinajstić information content (AvgIpc) is 3.27. The van der Waals surface area contributed by atoms with Gasteiger partial charge in [0.1, 0.15) is 17.4 Å². The highest BCUT2D eigenvalue weighted by Gasteiger charge is 2.35. The molecule has 6 nitrogen and oxygen atoms in total. The summed E-state index contributed by atoms with van der Waals surface area (Å²) >= 11 is 1.03. The van der Waals surface area contributed by atoms with E-state index in [9.17, 15) is 22.8 Å². The Kier molecular flexibility index (Phi) is 7.80. The molecule has 0 aliphatic rings. The number of hydrogen-bond acceptors (Lipinski definition) is 6. The molecule has 1 heterocycles. The number of halogens is 3. The van der Waals surface area contributed by atoms with Crippen molar-refractivity contribution < 1.29 is 27.5 Å². The lowest BCUT2D eigenvalue weighted by Crippen LogP contribution is -2.32. The van der Waals surface area contributed by atoms with Gasteiger partial charge in [-0.15, -0.1) is 10.2 Å². The zero-order valence-electron chi connectivity index (χ0n) is 18.1. The van der Waals surface area contributed by atoms with E-state index in [1.807, 2.05) is 26.0 Å². The number of anilines is 1. The third-order valence-electron chi connectivity index (χ3n) is 4.84. The number of alkyl halides is 3. The second-order valence-corrected chi connectivity index (χ2v) is 8.16. The second kappa shape index (κ2) is 10.6. The highest BCUT2D eigenvalue weighted by molar-refractivity contribution is 7.18. The molecule has 174 valence electrons. The summed E-state index contributed by atoms with van der Waals surface area (Å²) in [6, 6.07) is 10.7. The van der Waals surface area contributed by atoms with E-state index in [0.29, 0.717) is 23.5 Å². The molecule has 0 saturated heterocycles. The molecule has 0 fully saturated rings. The van der Waals surface area contributed by atoms with Gasteiger partial charge in [-0.25, -0.2) is 0 Å². The summed E-state index contributed by atoms with van der Waals surface area (Å²) < 4.78 is 45.5. The van der Waals surface area contributed by atoms with Crippen molar-refractivity contribution in [2.75, 3.05) is 18.1 Å². The molecule has 0 unspecified atom stereocenters. The van der Waals surface area contributed by atoms with E-state index in [-0.39, 0.29) is 16.5 Å². The number of hydrogen-bond donors (Lipinski definition) is 0. The van der Waals surface area contributed by atoms with Gasteiger partial charge in [0.05, 0.1) is 5.56 Å². The summed E-state index contributed by atoms with van der Waals surface area (Å²) in [4.78, 5) is 25.2. The minimum atomic E-state index is -4.68. The first-order valence-corrected chi connectivity index (χ1v) is 11.1. The first kappa shape index (κ1) is 24.4. The number of aryl methyl sites for hydroxylation is 1. The minimum absolute atomic E-state index is 0.184. The van der Waals surface area contributed by atoms with Crippen molar-refractivity contribution in [3.63, 3.8) is 0 Å². The molecule has 0 atom stereocenters. The Balaban J connectivity index is 1.97. The largest absolute Gasteiger partial charge is 0.486 e. The maximum Gasteiger partial charge on any atom is 0.419 e. The predicted octanol–water partition coefficient (Wildman–Crippen LogP) is 5.56. The van der Waals surface area contributed by atoms with Crippen molar-refractivity contribution in [2.45, 2.75) is 32.9 Å². The van der Waals surface area contributed by atoms with Crippen LogP contribution in [-0.4, -0.2) is 35.5 Å². The number of unbranched alkanes of at least 4 members (excludes halogenated alkanes) is 1. The number of benzene rings is 2. The van der Waals surface area contributed by atoms with Gasteiger partial charge in [-0.1, -0.05) is 42.9 Å². The molecule has 0 bridgehead atoms.